The van der Waals surface area contributed by atoms with Crippen LogP contribution in [0.2, 0.25) is 0 Å². The van der Waals surface area contributed by atoms with Crippen LogP contribution in [0.5, 0.6) is 0 Å². The molecule has 0 radical (unpaired) electrons. The minimum absolute atomic E-state index is 0.0544. The van der Waals surface area contributed by atoms with E-state index in [0.717, 1.165) is 25.8 Å². The van der Waals surface area contributed by atoms with E-state index in [-0.39, 0.29) is 5.91 Å². The second-order valence-corrected chi connectivity index (χ2v) is 4.53. The van der Waals surface area contributed by atoms with E-state index in [0.29, 0.717) is 12.5 Å². The van der Waals surface area contributed by atoms with Crippen LogP contribution < -0.4 is 0 Å². The third-order valence-electron chi connectivity index (χ3n) is 3.42. The van der Waals surface area contributed by atoms with Crippen molar-refractivity contribution < 1.29 is 4.79 Å². The Hall–Kier alpha value is -1.04. The fourth-order valence-corrected chi connectivity index (χ4v) is 2.54. The fraction of sp³-hybridized carbons (Fsp3) is 0.846. The maximum absolute atomic E-state index is 12.2. The normalized spacial score (nSPS) is 18.1. The summed E-state index contributed by atoms with van der Waals surface area (Å²) in [7, 11) is 0. The summed E-state index contributed by atoms with van der Waals surface area (Å²) in [5, 5.41) is 9.02. The SMILES string of the molecule is CCCC(C#N)C(=O)N(CC)C1CCCC1. The van der Waals surface area contributed by atoms with E-state index in [9.17, 15) is 4.79 Å². The molecule has 0 bridgehead atoms. The Kier molecular flexibility index (Phi) is 5.31. The minimum atomic E-state index is -0.425. The van der Waals surface area contributed by atoms with Crippen molar-refractivity contribution in [3.8, 4) is 6.07 Å². The lowest BCUT2D eigenvalue weighted by Crippen LogP contribution is -2.42. The van der Waals surface area contributed by atoms with Crippen molar-refractivity contribution in [1.82, 2.24) is 4.90 Å². The number of rotatable bonds is 5. The van der Waals surface area contributed by atoms with E-state index in [1.807, 2.05) is 18.7 Å². The Morgan fingerprint density at radius 1 is 1.44 bits per heavy atom. The molecule has 1 saturated carbocycles. The predicted molar refractivity (Wildman–Crippen MR) is 63.7 cm³/mol. The topological polar surface area (TPSA) is 44.1 Å². The van der Waals surface area contributed by atoms with Gasteiger partial charge in [-0.25, -0.2) is 0 Å². The molecule has 90 valence electrons. The highest BCUT2D eigenvalue weighted by Gasteiger charge is 2.29. The van der Waals surface area contributed by atoms with Gasteiger partial charge in [0, 0.05) is 12.6 Å². The van der Waals surface area contributed by atoms with E-state index < -0.39 is 5.92 Å². The summed E-state index contributed by atoms with van der Waals surface area (Å²) in [5.41, 5.74) is 0. The lowest BCUT2D eigenvalue weighted by Gasteiger charge is -2.29. The molecule has 3 nitrogen and oxygen atoms in total. The smallest absolute Gasteiger partial charge is 0.240 e. The third-order valence-corrected chi connectivity index (χ3v) is 3.42. The summed E-state index contributed by atoms with van der Waals surface area (Å²) in [6.07, 6.45) is 6.26. The average Bonchev–Trinajstić information content (AvgIpc) is 2.80. The summed E-state index contributed by atoms with van der Waals surface area (Å²) < 4.78 is 0. The highest BCUT2D eigenvalue weighted by atomic mass is 16.2. The van der Waals surface area contributed by atoms with Gasteiger partial charge >= 0.3 is 0 Å². The summed E-state index contributed by atoms with van der Waals surface area (Å²) in [4.78, 5) is 14.1. The molecule has 16 heavy (non-hydrogen) atoms. The van der Waals surface area contributed by atoms with Gasteiger partial charge in [0.1, 0.15) is 5.92 Å². The van der Waals surface area contributed by atoms with Crippen molar-refractivity contribution in [1.29, 1.82) is 5.26 Å². The highest BCUT2D eigenvalue weighted by molar-refractivity contribution is 5.81. The van der Waals surface area contributed by atoms with Gasteiger partial charge < -0.3 is 4.90 Å². The van der Waals surface area contributed by atoms with Gasteiger partial charge in [-0.2, -0.15) is 5.26 Å². The molecule has 1 fully saturated rings. The van der Waals surface area contributed by atoms with Crippen molar-refractivity contribution in [3.05, 3.63) is 0 Å². The maximum atomic E-state index is 12.2. The van der Waals surface area contributed by atoms with Crippen LogP contribution in [-0.2, 0) is 4.79 Å². The highest BCUT2D eigenvalue weighted by Crippen LogP contribution is 2.25. The first-order chi connectivity index (χ1) is 7.74. The van der Waals surface area contributed by atoms with Gasteiger partial charge in [-0.1, -0.05) is 26.2 Å². The third kappa shape index (κ3) is 2.98. The Morgan fingerprint density at radius 2 is 2.06 bits per heavy atom. The molecule has 0 aromatic rings. The van der Waals surface area contributed by atoms with Crippen LogP contribution in [0.4, 0.5) is 0 Å². The molecule has 0 heterocycles. The van der Waals surface area contributed by atoms with Crippen molar-refractivity contribution >= 4 is 5.91 Å². The second kappa shape index (κ2) is 6.52. The summed E-state index contributed by atoms with van der Waals surface area (Å²) >= 11 is 0. The number of hydrogen-bond acceptors (Lipinski definition) is 2. The molecule has 1 aliphatic carbocycles. The molecule has 1 rings (SSSR count). The van der Waals surface area contributed by atoms with Crippen molar-refractivity contribution in [2.24, 2.45) is 5.92 Å². The van der Waals surface area contributed by atoms with Crippen LogP contribution in [0.1, 0.15) is 52.4 Å². The zero-order valence-electron chi connectivity index (χ0n) is 10.4. The molecule has 0 spiro atoms. The van der Waals surface area contributed by atoms with Crippen molar-refractivity contribution in [3.63, 3.8) is 0 Å². The molecule has 1 atom stereocenters. The van der Waals surface area contributed by atoms with Gasteiger partial charge in [0.25, 0.3) is 0 Å². The quantitative estimate of drug-likeness (QED) is 0.718. The number of carbonyl (C=O) groups excluding carboxylic acids is 1. The molecule has 0 saturated heterocycles. The van der Waals surface area contributed by atoms with Crippen LogP contribution in [0.3, 0.4) is 0 Å². The number of nitrogens with zero attached hydrogens (tertiary/aromatic N) is 2. The molecule has 1 aliphatic rings. The molecule has 0 aromatic heterocycles. The van der Waals surface area contributed by atoms with Crippen LogP contribution in [0.15, 0.2) is 0 Å². The largest absolute Gasteiger partial charge is 0.339 e. The molecule has 1 unspecified atom stereocenters. The van der Waals surface area contributed by atoms with Crippen LogP contribution in [0, 0.1) is 17.2 Å². The lowest BCUT2D eigenvalue weighted by molar-refractivity contribution is -0.136. The van der Waals surface area contributed by atoms with Crippen molar-refractivity contribution in [2.75, 3.05) is 6.54 Å². The number of carbonyl (C=O) groups is 1. The molecule has 3 heteroatoms. The fourth-order valence-electron chi connectivity index (χ4n) is 2.54. The second-order valence-electron chi connectivity index (χ2n) is 4.53. The number of amides is 1. The molecule has 0 N–H and O–H groups in total. The summed E-state index contributed by atoms with van der Waals surface area (Å²) in [6.45, 7) is 4.77. The Bertz CT molecular complexity index is 264. The Labute approximate surface area is 98.4 Å². The zero-order valence-corrected chi connectivity index (χ0v) is 10.4. The molecule has 0 aromatic carbocycles. The Morgan fingerprint density at radius 3 is 2.50 bits per heavy atom. The molecule has 0 aliphatic heterocycles. The first kappa shape index (κ1) is 13.0. The molecule has 1 amide bonds. The predicted octanol–water partition coefficient (Wildman–Crippen LogP) is 2.72. The van der Waals surface area contributed by atoms with E-state index in [4.69, 9.17) is 5.26 Å². The zero-order chi connectivity index (χ0) is 12.0. The van der Waals surface area contributed by atoms with Gasteiger partial charge in [-0.05, 0) is 26.2 Å². The molecular weight excluding hydrogens is 200 g/mol. The summed E-state index contributed by atoms with van der Waals surface area (Å²) in [6, 6.07) is 2.54. The maximum Gasteiger partial charge on any atom is 0.240 e. The number of hydrogen-bond donors (Lipinski definition) is 0. The first-order valence-corrected chi connectivity index (χ1v) is 6.44. The van der Waals surface area contributed by atoms with Gasteiger partial charge in [0.2, 0.25) is 5.91 Å². The average molecular weight is 222 g/mol. The first-order valence-electron chi connectivity index (χ1n) is 6.44. The minimum Gasteiger partial charge on any atom is -0.339 e. The van der Waals surface area contributed by atoms with E-state index in [1.54, 1.807) is 0 Å². The van der Waals surface area contributed by atoms with E-state index in [1.165, 1.54) is 12.8 Å². The lowest BCUT2D eigenvalue weighted by atomic mass is 10.0. The van der Waals surface area contributed by atoms with Crippen molar-refractivity contribution in [2.45, 2.75) is 58.4 Å². The van der Waals surface area contributed by atoms with E-state index in [2.05, 4.69) is 6.07 Å². The summed E-state index contributed by atoms with van der Waals surface area (Å²) in [5.74, 6) is -0.371. The van der Waals surface area contributed by atoms with Gasteiger partial charge in [-0.15, -0.1) is 0 Å². The van der Waals surface area contributed by atoms with Crippen LogP contribution >= 0.6 is 0 Å². The van der Waals surface area contributed by atoms with E-state index >= 15 is 0 Å². The van der Waals surface area contributed by atoms with Crippen LogP contribution in [0.25, 0.3) is 0 Å². The monoisotopic (exact) mass is 222 g/mol. The molecular formula is C13H22N2O. The van der Waals surface area contributed by atoms with Gasteiger partial charge in [-0.3, -0.25) is 4.79 Å². The standard InChI is InChI=1S/C13H22N2O/c1-3-7-11(10-14)13(16)15(4-2)12-8-5-6-9-12/h11-12H,3-9H2,1-2H3. The Balaban J connectivity index is 2.63. The number of nitriles is 1. The van der Waals surface area contributed by atoms with Gasteiger partial charge in [0.05, 0.1) is 6.07 Å². The van der Waals surface area contributed by atoms with Crippen LogP contribution in [-0.4, -0.2) is 23.4 Å². The van der Waals surface area contributed by atoms with Gasteiger partial charge in [0.15, 0.2) is 0 Å².